The number of imide groups is 1. The molecular weight excluding hydrogens is 230 g/mol. The molecule has 2 amide bonds. The average molecular weight is 243 g/mol. The molecule has 1 saturated heterocycles. The third kappa shape index (κ3) is 2.80. The summed E-state index contributed by atoms with van der Waals surface area (Å²) in [5.41, 5.74) is 0. The molecule has 1 atom stereocenters. The third-order valence-corrected chi connectivity index (χ3v) is 2.46. The quantitative estimate of drug-likeness (QED) is 0.476. The highest BCUT2D eigenvalue weighted by Gasteiger charge is 2.40. The highest BCUT2D eigenvalue weighted by Crippen LogP contribution is 2.18. The largest absolute Gasteiger partial charge is 0.469 e. The van der Waals surface area contributed by atoms with Gasteiger partial charge in [-0.05, 0) is 0 Å². The summed E-state index contributed by atoms with van der Waals surface area (Å²) >= 11 is 0. The minimum Gasteiger partial charge on any atom is -0.469 e. The Balaban J connectivity index is 2.89. The maximum Gasteiger partial charge on any atom is 0.329 e. The topological polar surface area (TPSA) is 90.0 Å². The molecule has 17 heavy (non-hydrogen) atoms. The summed E-state index contributed by atoms with van der Waals surface area (Å²) in [5.74, 6) is -2.45. The minimum absolute atomic E-state index is 0.0491. The van der Waals surface area contributed by atoms with Gasteiger partial charge in [-0.15, -0.1) is 0 Å². The second kappa shape index (κ2) is 5.42. The number of esters is 2. The van der Waals surface area contributed by atoms with Crippen LogP contribution in [-0.2, 0) is 28.7 Å². The maximum atomic E-state index is 11.5. The van der Waals surface area contributed by atoms with E-state index in [4.69, 9.17) is 0 Å². The Hall–Kier alpha value is -1.92. The van der Waals surface area contributed by atoms with E-state index in [1.165, 1.54) is 0 Å². The Morgan fingerprint density at radius 2 is 1.71 bits per heavy atom. The van der Waals surface area contributed by atoms with Gasteiger partial charge in [0.2, 0.25) is 11.8 Å². The van der Waals surface area contributed by atoms with Gasteiger partial charge in [0, 0.05) is 12.8 Å². The second-order valence-electron chi connectivity index (χ2n) is 3.48. The van der Waals surface area contributed by atoms with Gasteiger partial charge >= 0.3 is 11.9 Å². The number of ether oxygens (including phenoxy) is 2. The molecule has 0 radical (unpaired) electrons. The molecule has 7 nitrogen and oxygen atoms in total. The first-order valence-corrected chi connectivity index (χ1v) is 5.00. The highest BCUT2D eigenvalue weighted by atomic mass is 16.5. The molecule has 0 aromatic carbocycles. The lowest BCUT2D eigenvalue weighted by Crippen LogP contribution is -2.46. The smallest absolute Gasteiger partial charge is 0.329 e. The molecule has 0 aromatic heterocycles. The van der Waals surface area contributed by atoms with Gasteiger partial charge in [0.15, 0.2) is 0 Å². The number of methoxy groups -OCH3 is 2. The predicted octanol–water partition coefficient (Wildman–Crippen LogP) is -0.760. The van der Waals surface area contributed by atoms with Crippen molar-refractivity contribution >= 4 is 23.8 Å². The van der Waals surface area contributed by atoms with Crippen molar-refractivity contribution in [1.29, 1.82) is 0 Å². The summed E-state index contributed by atoms with van der Waals surface area (Å²) in [4.78, 5) is 46.3. The zero-order chi connectivity index (χ0) is 13.0. The monoisotopic (exact) mass is 243 g/mol. The van der Waals surface area contributed by atoms with Crippen LogP contribution < -0.4 is 0 Å². The normalized spacial score (nSPS) is 16.9. The molecule has 1 fully saturated rings. The lowest BCUT2D eigenvalue weighted by atomic mass is 10.2. The van der Waals surface area contributed by atoms with E-state index in [1.807, 2.05) is 0 Å². The van der Waals surface area contributed by atoms with E-state index in [9.17, 15) is 19.2 Å². The van der Waals surface area contributed by atoms with Crippen molar-refractivity contribution in [2.45, 2.75) is 25.3 Å². The zero-order valence-electron chi connectivity index (χ0n) is 9.60. The molecule has 0 spiro atoms. The van der Waals surface area contributed by atoms with E-state index >= 15 is 0 Å². The van der Waals surface area contributed by atoms with Crippen LogP contribution in [0.25, 0.3) is 0 Å². The van der Waals surface area contributed by atoms with Crippen molar-refractivity contribution < 1.29 is 28.7 Å². The standard InChI is InChI=1S/C10H13NO6/c1-16-9(14)5-6(10(15)17-2)11-7(12)3-4-8(11)13/h6H,3-5H2,1-2H3. The van der Waals surface area contributed by atoms with Gasteiger partial charge in [-0.2, -0.15) is 0 Å². The van der Waals surface area contributed by atoms with Gasteiger partial charge in [0.05, 0.1) is 20.6 Å². The summed E-state index contributed by atoms with van der Waals surface area (Å²) in [5, 5.41) is 0. The molecule has 94 valence electrons. The number of hydrogen-bond donors (Lipinski definition) is 0. The van der Waals surface area contributed by atoms with Gasteiger partial charge in [0.25, 0.3) is 0 Å². The van der Waals surface area contributed by atoms with Crippen molar-refractivity contribution in [3.05, 3.63) is 0 Å². The Morgan fingerprint density at radius 1 is 1.18 bits per heavy atom. The van der Waals surface area contributed by atoms with Crippen molar-refractivity contribution in [3.8, 4) is 0 Å². The number of hydrogen-bond acceptors (Lipinski definition) is 6. The summed E-state index contributed by atoms with van der Waals surface area (Å²) in [6.07, 6.45) is -0.290. The number of amides is 2. The molecule has 0 aliphatic carbocycles. The minimum atomic E-state index is -1.23. The van der Waals surface area contributed by atoms with Gasteiger partial charge in [0.1, 0.15) is 6.04 Å². The fourth-order valence-electron chi connectivity index (χ4n) is 1.60. The van der Waals surface area contributed by atoms with E-state index in [0.717, 1.165) is 19.1 Å². The molecule has 1 rings (SSSR count). The Kier molecular flexibility index (Phi) is 4.19. The van der Waals surface area contributed by atoms with Crippen molar-refractivity contribution in [3.63, 3.8) is 0 Å². The SMILES string of the molecule is COC(=O)CC(C(=O)OC)N1C(=O)CCC1=O. The summed E-state index contributed by atoms with van der Waals surface area (Å²) < 4.78 is 8.88. The summed E-state index contributed by atoms with van der Waals surface area (Å²) in [6, 6.07) is -1.23. The first-order chi connectivity index (χ1) is 8.01. The zero-order valence-corrected chi connectivity index (χ0v) is 9.60. The van der Waals surface area contributed by atoms with Crippen molar-refractivity contribution in [2.75, 3.05) is 14.2 Å². The fourth-order valence-corrected chi connectivity index (χ4v) is 1.60. The van der Waals surface area contributed by atoms with Gasteiger partial charge in [-0.25, -0.2) is 4.79 Å². The van der Waals surface area contributed by atoms with Crippen molar-refractivity contribution in [1.82, 2.24) is 4.90 Å². The van der Waals surface area contributed by atoms with Crippen LogP contribution in [0.15, 0.2) is 0 Å². The number of rotatable bonds is 4. The first kappa shape index (κ1) is 13.1. The van der Waals surface area contributed by atoms with Crippen molar-refractivity contribution in [2.24, 2.45) is 0 Å². The molecule has 0 bridgehead atoms. The van der Waals surface area contributed by atoms with E-state index < -0.39 is 29.8 Å². The third-order valence-electron chi connectivity index (χ3n) is 2.46. The molecule has 7 heteroatoms. The van der Waals surface area contributed by atoms with Gasteiger partial charge < -0.3 is 9.47 Å². The Labute approximate surface area is 97.7 Å². The Morgan fingerprint density at radius 3 is 2.12 bits per heavy atom. The van der Waals surface area contributed by atoms with E-state index in [0.29, 0.717) is 0 Å². The number of carbonyl (C=O) groups is 4. The molecule has 0 N–H and O–H groups in total. The lowest BCUT2D eigenvalue weighted by molar-refractivity contribution is -0.159. The van der Waals surface area contributed by atoms with Gasteiger partial charge in [-0.3, -0.25) is 19.3 Å². The van der Waals surface area contributed by atoms with E-state index in [1.54, 1.807) is 0 Å². The molecule has 1 aliphatic rings. The molecule has 0 aromatic rings. The van der Waals surface area contributed by atoms with Crippen LogP contribution in [0.3, 0.4) is 0 Å². The molecular formula is C10H13NO6. The molecule has 0 saturated carbocycles. The number of carbonyl (C=O) groups excluding carboxylic acids is 4. The predicted molar refractivity (Wildman–Crippen MR) is 53.5 cm³/mol. The highest BCUT2D eigenvalue weighted by molar-refractivity contribution is 6.05. The van der Waals surface area contributed by atoms with Crippen LogP contribution in [0.4, 0.5) is 0 Å². The number of likely N-dealkylation sites (tertiary alicyclic amines) is 1. The molecule has 1 unspecified atom stereocenters. The van der Waals surface area contributed by atoms with Crippen LogP contribution in [0.5, 0.6) is 0 Å². The fraction of sp³-hybridized carbons (Fsp3) is 0.600. The first-order valence-electron chi connectivity index (χ1n) is 5.00. The number of nitrogens with zero attached hydrogens (tertiary/aromatic N) is 1. The van der Waals surface area contributed by atoms with Gasteiger partial charge in [-0.1, -0.05) is 0 Å². The van der Waals surface area contributed by atoms with Crippen LogP contribution in [0, 0.1) is 0 Å². The molecule has 1 heterocycles. The van der Waals surface area contributed by atoms with Crippen LogP contribution in [0.1, 0.15) is 19.3 Å². The van der Waals surface area contributed by atoms with Crippen LogP contribution in [0.2, 0.25) is 0 Å². The Bertz CT molecular complexity index is 348. The summed E-state index contributed by atoms with van der Waals surface area (Å²) in [6.45, 7) is 0. The van der Waals surface area contributed by atoms with E-state index in [-0.39, 0.29) is 19.3 Å². The van der Waals surface area contributed by atoms with Crippen LogP contribution in [-0.4, -0.2) is 48.9 Å². The second-order valence-corrected chi connectivity index (χ2v) is 3.48. The van der Waals surface area contributed by atoms with Crippen LogP contribution >= 0.6 is 0 Å². The van der Waals surface area contributed by atoms with E-state index in [2.05, 4.69) is 9.47 Å². The summed E-state index contributed by atoms with van der Waals surface area (Å²) in [7, 11) is 2.28. The molecule has 1 aliphatic heterocycles. The maximum absolute atomic E-state index is 11.5. The average Bonchev–Trinajstić information content (AvgIpc) is 2.65. The lowest BCUT2D eigenvalue weighted by Gasteiger charge is -2.22.